The SMILES string of the molecule is CCOC(=O)C1(C(=O)Nc2cc(Cl)cc(Cl)c2)CCC1. The number of carbonyl (C=O) groups is 2. The van der Waals surface area contributed by atoms with Gasteiger partial charge in [-0.3, -0.25) is 9.59 Å². The molecule has 1 fully saturated rings. The molecule has 1 aromatic rings. The van der Waals surface area contributed by atoms with Gasteiger partial charge in [0.15, 0.2) is 0 Å². The molecule has 1 aliphatic rings. The van der Waals surface area contributed by atoms with E-state index in [0.29, 0.717) is 28.6 Å². The Morgan fingerprint density at radius 3 is 2.30 bits per heavy atom. The third-order valence-electron chi connectivity index (χ3n) is 3.43. The van der Waals surface area contributed by atoms with E-state index in [1.807, 2.05) is 0 Å². The van der Waals surface area contributed by atoms with Gasteiger partial charge in [0, 0.05) is 15.7 Å². The van der Waals surface area contributed by atoms with Crippen molar-refractivity contribution in [1.29, 1.82) is 0 Å². The Balaban J connectivity index is 2.15. The maximum atomic E-state index is 12.4. The number of ether oxygens (including phenoxy) is 1. The van der Waals surface area contributed by atoms with Crippen molar-refractivity contribution in [2.45, 2.75) is 26.2 Å². The van der Waals surface area contributed by atoms with Crippen molar-refractivity contribution in [3.8, 4) is 0 Å². The Morgan fingerprint density at radius 1 is 1.25 bits per heavy atom. The zero-order valence-corrected chi connectivity index (χ0v) is 12.6. The van der Waals surface area contributed by atoms with Gasteiger partial charge in [-0.1, -0.05) is 29.6 Å². The number of halogens is 2. The van der Waals surface area contributed by atoms with Gasteiger partial charge in [-0.2, -0.15) is 0 Å². The normalized spacial score (nSPS) is 16.1. The summed E-state index contributed by atoms with van der Waals surface area (Å²) in [5.74, 6) is -0.822. The van der Waals surface area contributed by atoms with Crippen molar-refractivity contribution < 1.29 is 14.3 Å². The van der Waals surface area contributed by atoms with Gasteiger partial charge in [-0.25, -0.2) is 0 Å². The van der Waals surface area contributed by atoms with Crippen molar-refractivity contribution >= 4 is 40.8 Å². The Bertz CT molecular complexity index is 521. The topological polar surface area (TPSA) is 55.4 Å². The smallest absolute Gasteiger partial charge is 0.321 e. The monoisotopic (exact) mass is 315 g/mol. The second kappa shape index (κ2) is 6.02. The van der Waals surface area contributed by atoms with Crippen LogP contribution in [0.1, 0.15) is 26.2 Å². The number of amides is 1. The van der Waals surface area contributed by atoms with Crippen LogP contribution >= 0.6 is 23.2 Å². The molecule has 1 aromatic carbocycles. The van der Waals surface area contributed by atoms with Crippen molar-refractivity contribution in [3.63, 3.8) is 0 Å². The van der Waals surface area contributed by atoms with Gasteiger partial charge in [0.1, 0.15) is 5.41 Å². The second-order valence-electron chi connectivity index (χ2n) is 4.77. The number of hydrogen-bond donors (Lipinski definition) is 1. The van der Waals surface area contributed by atoms with Crippen molar-refractivity contribution in [3.05, 3.63) is 28.2 Å². The molecule has 0 spiro atoms. The van der Waals surface area contributed by atoms with Gasteiger partial charge < -0.3 is 10.1 Å². The van der Waals surface area contributed by atoms with E-state index < -0.39 is 11.4 Å². The van der Waals surface area contributed by atoms with Crippen molar-refractivity contribution in [2.75, 3.05) is 11.9 Å². The van der Waals surface area contributed by atoms with Gasteiger partial charge >= 0.3 is 5.97 Å². The van der Waals surface area contributed by atoms with E-state index in [4.69, 9.17) is 27.9 Å². The van der Waals surface area contributed by atoms with E-state index in [2.05, 4.69) is 5.32 Å². The van der Waals surface area contributed by atoms with Crippen molar-refractivity contribution in [1.82, 2.24) is 0 Å². The number of carbonyl (C=O) groups excluding carboxylic acids is 2. The standard InChI is InChI=1S/C14H15Cl2NO3/c1-2-20-13(19)14(4-3-5-14)12(18)17-11-7-9(15)6-10(16)8-11/h6-8H,2-5H2,1H3,(H,17,18). The molecule has 0 bridgehead atoms. The molecule has 2 rings (SSSR count). The molecule has 20 heavy (non-hydrogen) atoms. The number of hydrogen-bond acceptors (Lipinski definition) is 3. The number of benzene rings is 1. The highest BCUT2D eigenvalue weighted by Gasteiger charge is 2.52. The van der Waals surface area contributed by atoms with Crippen LogP contribution in [0.5, 0.6) is 0 Å². The van der Waals surface area contributed by atoms with Gasteiger partial charge in [-0.15, -0.1) is 0 Å². The quantitative estimate of drug-likeness (QED) is 0.681. The fraction of sp³-hybridized carbons (Fsp3) is 0.429. The van der Waals surface area contributed by atoms with Gasteiger partial charge in [0.2, 0.25) is 5.91 Å². The zero-order chi connectivity index (χ0) is 14.8. The first-order valence-electron chi connectivity index (χ1n) is 6.43. The lowest BCUT2D eigenvalue weighted by molar-refractivity contribution is -0.165. The summed E-state index contributed by atoms with van der Waals surface area (Å²) in [6.07, 6.45) is 1.85. The van der Waals surface area contributed by atoms with E-state index in [0.717, 1.165) is 6.42 Å². The highest BCUT2D eigenvalue weighted by atomic mass is 35.5. The molecule has 1 N–H and O–H groups in total. The lowest BCUT2D eigenvalue weighted by atomic mass is 9.68. The van der Waals surface area contributed by atoms with E-state index in [1.54, 1.807) is 25.1 Å². The number of rotatable bonds is 4. The fourth-order valence-corrected chi connectivity index (χ4v) is 2.73. The molecule has 0 aliphatic heterocycles. The van der Waals surface area contributed by atoms with Gasteiger partial charge in [-0.05, 0) is 38.0 Å². The van der Waals surface area contributed by atoms with Crippen LogP contribution < -0.4 is 5.32 Å². The molecule has 0 heterocycles. The molecule has 0 saturated heterocycles. The predicted molar refractivity (Wildman–Crippen MR) is 78.0 cm³/mol. The molecular weight excluding hydrogens is 301 g/mol. The molecule has 0 aromatic heterocycles. The number of nitrogens with one attached hydrogen (secondary N) is 1. The molecule has 0 atom stereocenters. The summed E-state index contributed by atoms with van der Waals surface area (Å²) < 4.78 is 5.00. The zero-order valence-electron chi connectivity index (χ0n) is 11.0. The van der Waals surface area contributed by atoms with E-state index >= 15 is 0 Å². The van der Waals surface area contributed by atoms with Crippen molar-refractivity contribution in [2.24, 2.45) is 5.41 Å². The molecule has 108 valence electrons. The fourth-order valence-electron chi connectivity index (χ4n) is 2.20. The molecule has 1 aliphatic carbocycles. The van der Waals surface area contributed by atoms with Gasteiger partial charge in [0.05, 0.1) is 6.61 Å². The van der Waals surface area contributed by atoms with Crippen LogP contribution in [0, 0.1) is 5.41 Å². The van der Waals surface area contributed by atoms with Crippen LogP contribution in [-0.4, -0.2) is 18.5 Å². The minimum atomic E-state index is -1.06. The predicted octanol–water partition coefficient (Wildman–Crippen LogP) is 3.67. The summed E-state index contributed by atoms with van der Waals surface area (Å²) >= 11 is 11.8. The summed E-state index contributed by atoms with van der Waals surface area (Å²) in [5.41, 5.74) is -0.590. The second-order valence-corrected chi connectivity index (χ2v) is 5.64. The van der Waals surface area contributed by atoms with E-state index in [1.165, 1.54) is 0 Å². The van der Waals surface area contributed by atoms with E-state index in [-0.39, 0.29) is 12.5 Å². The van der Waals surface area contributed by atoms with Crippen LogP contribution in [-0.2, 0) is 14.3 Å². The number of anilines is 1. The lowest BCUT2D eigenvalue weighted by Gasteiger charge is -2.37. The van der Waals surface area contributed by atoms with Crippen LogP contribution in [0.4, 0.5) is 5.69 Å². The molecule has 1 amide bonds. The first-order chi connectivity index (χ1) is 9.48. The van der Waals surface area contributed by atoms with Crippen LogP contribution in [0.3, 0.4) is 0 Å². The van der Waals surface area contributed by atoms with Crippen LogP contribution in [0.2, 0.25) is 10.0 Å². The average Bonchev–Trinajstić information content (AvgIpc) is 2.25. The first kappa shape index (κ1) is 15.1. The maximum Gasteiger partial charge on any atom is 0.321 e. The Hall–Kier alpha value is -1.26. The first-order valence-corrected chi connectivity index (χ1v) is 7.18. The van der Waals surface area contributed by atoms with Crippen LogP contribution in [0.25, 0.3) is 0 Å². The molecule has 4 nitrogen and oxygen atoms in total. The summed E-state index contributed by atoms with van der Waals surface area (Å²) in [4.78, 5) is 24.3. The Morgan fingerprint density at radius 2 is 1.85 bits per heavy atom. The molecule has 1 saturated carbocycles. The highest BCUT2D eigenvalue weighted by Crippen LogP contribution is 2.43. The Kier molecular flexibility index (Phi) is 4.55. The highest BCUT2D eigenvalue weighted by molar-refractivity contribution is 6.35. The third kappa shape index (κ3) is 2.91. The lowest BCUT2D eigenvalue weighted by Crippen LogP contribution is -2.49. The summed E-state index contributed by atoms with van der Waals surface area (Å²) in [5, 5.41) is 3.54. The minimum absolute atomic E-state index is 0.261. The largest absolute Gasteiger partial charge is 0.465 e. The molecule has 0 unspecified atom stereocenters. The molecular formula is C14H15Cl2NO3. The van der Waals surface area contributed by atoms with Gasteiger partial charge in [0.25, 0.3) is 0 Å². The van der Waals surface area contributed by atoms with Crippen LogP contribution in [0.15, 0.2) is 18.2 Å². The number of esters is 1. The minimum Gasteiger partial charge on any atom is -0.465 e. The maximum absolute atomic E-state index is 12.4. The molecule has 0 radical (unpaired) electrons. The van der Waals surface area contributed by atoms with E-state index in [9.17, 15) is 9.59 Å². The average molecular weight is 316 g/mol. The summed E-state index contributed by atoms with van der Waals surface area (Å²) in [7, 11) is 0. The third-order valence-corrected chi connectivity index (χ3v) is 3.86. The Labute approximate surface area is 127 Å². The summed E-state index contributed by atoms with van der Waals surface area (Å²) in [6.45, 7) is 1.98. The molecule has 6 heteroatoms. The summed E-state index contributed by atoms with van der Waals surface area (Å²) in [6, 6.07) is 4.74.